The first kappa shape index (κ1) is 18.7. The molecule has 9 heteroatoms. The number of nitrogens with one attached hydrogen (secondary N) is 1. The molecule has 0 radical (unpaired) electrons. The van der Waals surface area contributed by atoms with Crippen LogP contribution in [0.4, 0.5) is 11.4 Å². The summed E-state index contributed by atoms with van der Waals surface area (Å²) in [6.07, 6.45) is 0. The molecule has 0 atom stereocenters. The number of carbonyl (C=O) groups excluding carboxylic acids is 2. The van der Waals surface area contributed by atoms with E-state index in [2.05, 4.69) is 5.32 Å². The first-order valence-electron chi connectivity index (χ1n) is 7.02. The van der Waals surface area contributed by atoms with Crippen LogP contribution in [0.5, 0.6) is 0 Å². The van der Waals surface area contributed by atoms with Crippen LogP contribution in [0.3, 0.4) is 0 Å². The Morgan fingerprint density at radius 1 is 1.16 bits per heavy atom. The molecule has 0 bridgehead atoms. The second kappa shape index (κ2) is 7.96. The number of halogens is 2. The summed E-state index contributed by atoms with van der Waals surface area (Å²) < 4.78 is 0. The van der Waals surface area contributed by atoms with E-state index in [1.807, 2.05) is 0 Å². The van der Waals surface area contributed by atoms with Crippen LogP contribution in [-0.4, -0.2) is 35.2 Å². The molecule has 7 nitrogen and oxygen atoms in total. The third-order valence-corrected chi connectivity index (χ3v) is 3.81. The lowest BCUT2D eigenvalue weighted by Crippen LogP contribution is -2.35. The fourth-order valence-electron chi connectivity index (χ4n) is 2.02. The van der Waals surface area contributed by atoms with E-state index in [4.69, 9.17) is 23.2 Å². The highest BCUT2D eigenvalue weighted by Crippen LogP contribution is 2.23. The molecule has 0 saturated carbocycles. The number of benzene rings is 2. The van der Waals surface area contributed by atoms with E-state index < -0.39 is 16.7 Å². The lowest BCUT2D eigenvalue weighted by molar-refractivity contribution is -0.384. The van der Waals surface area contributed by atoms with E-state index in [-0.39, 0.29) is 22.8 Å². The van der Waals surface area contributed by atoms with Crippen molar-refractivity contribution in [1.29, 1.82) is 0 Å². The van der Waals surface area contributed by atoms with Gasteiger partial charge in [-0.2, -0.15) is 0 Å². The summed E-state index contributed by atoms with van der Waals surface area (Å²) in [6.45, 7) is -0.214. The van der Waals surface area contributed by atoms with Gasteiger partial charge < -0.3 is 10.2 Å². The number of non-ortho nitro benzene ring substituents is 1. The van der Waals surface area contributed by atoms with Crippen LogP contribution in [0.2, 0.25) is 10.0 Å². The normalized spacial score (nSPS) is 10.2. The van der Waals surface area contributed by atoms with Crippen molar-refractivity contribution in [3.8, 4) is 0 Å². The van der Waals surface area contributed by atoms with E-state index in [9.17, 15) is 19.7 Å². The number of nitro groups is 1. The average Bonchev–Trinajstić information content (AvgIpc) is 2.56. The van der Waals surface area contributed by atoms with Gasteiger partial charge in [-0.05, 0) is 30.3 Å². The van der Waals surface area contributed by atoms with Gasteiger partial charge in [0.05, 0.1) is 22.1 Å². The number of hydrogen-bond acceptors (Lipinski definition) is 4. The topological polar surface area (TPSA) is 92.6 Å². The van der Waals surface area contributed by atoms with Crippen molar-refractivity contribution in [2.24, 2.45) is 0 Å². The predicted molar refractivity (Wildman–Crippen MR) is 95.1 cm³/mol. The van der Waals surface area contributed by atoms with Gasteiger partial charge in [0.25, 0.3) is 11.6 Å². The van der Waals surface area contributed by atoms with Gasteiger partial charge >= 0.3 is 0 Å². The Morgan fingerprint density at radius 2 is 1.80 bits per heavy atom. The van der Waals surface area contributed by atoms with E-state index in [1.54, 1.807) is 24.3 Å². The zero-order valence-electron chi connectivity index (χ0n) is 13.0. The van der Waals surface area contributed by atoms with Gasteiger partial charge in [-0.1, -0.05) is 23.2 Å². The lowest BCUT2D eigenvalue weighted by atomic mass is 10.2. The van der Waals surface area contributed by atoms with E-state index in [0.717, 1.165) is 11.0 Å². The molecule has 0 heterocycles. The summed E-state index contributed by atoms with van der Waals surface area (Å²) in [5, 5.41) is 13.8. The highest BCUT2D eigenvalue weighted by molar-refractivity contribution is 6.34. The van der Waals surface area contributed by atoms with Crippen LogP contribution in [0.25, 0.3) is 0 Å². The Bertz CT molecular complexity index is 825. The molecule has 2 amide bonds. The van der Waals surface area contributed by atoms with Crippen LogP contribution in [0.1, 0.15) is 10.4 Å². The van der Waals surface area contributed by atoms with E-state index in [0.29, 0.717) is 10.7 Å². The molecule has 2 aromatic carbocycles. The van der Waals surface area contributed by atoms with Crippen LogP contribution < -0.4 is 5.32 Å². The minimum absolute atomic E-state index is 0.0517. The van der Waals surface area contributed by atoms with E-state index in [1.165, 1.54) is 19.2 Å². The first-order valence-corrected chi connectivity index (χ1v) is 7.78. The highest BCUT2D eigenvalue weighted by Gasteiger charge is 2.19. The number of rotatable bonds is 5. The second-order valence-corrected chi connectivity index (χ2v) is 5.98. The number of amides is 2. The largest absolute Gasteiger partial charge is 0.332 e. The number of anilines is 1. The summed E-state index contributed by atoms with van der Waals surface area (Å²) in [7, 11) is 1.43. The zero-order chi connectivity index (χ0) is 18.6. The molecule has 0 aliphatic carbocycles. The Balaban J connectivity index is 2.03. The van der Waals surface area contributed by atoms with Gasteiger partial charge in [-0.15, -0.1) is 0 Å². The monoisotopic (exact) mass is 381 g/mol. The molecule has 0 aromatic heterocycles. The molecular formula is C16H13Cl2N3O4. The molecule has 25 heavy (non-hydrogen) atoms. The molecule has 0 aliphatic rings. The number of hydrogen-bond donors (Lipinski definition) is 1. The quantitative estimate of drug-likeness (QED) is 0.632. The summed E-state index contributed by atoms with van der Waals surface area (Å²) >= 11 is 11.7. The summed E-state index contributed by atoms with van der Waals surface area (Å²) in [5.41, 5.74) is 0.405. The standard InChI is InChI=1S/C16H13Cl2N3O4/c1-20(9-15(22)19-11-4-2-10(17)3-5-11)16(23)13-7-6-12(21(24)25)8-14(13)18/h2-8H,9H2,1H3,(H,19,22). The third-order valence-electron chi connectivity index (χ3n) is 3.25. The Labute approximate surface area is 153 Å². The molecule has 0 saturated heterocycles. The van der Waals surface area contributed by atoms with E-state index >= 15 is 0 Å². The Morgan fingerprint density at radius 3 is 2.36 bits per heavy atom. The van der Waals surface area contributed by atoms with Crippen molar-refractivity contribution < 1.29 is 14.5 Å². The third kappa shape index (κ3) is 4.91. The van der Waals surface area contributed by atoms with Crippen LogP contribution in [0.15, 0.2) is 42.5 Å². The molecular weight excluding hydrogens is 369 g/mol. The SMILES string of the molecule is CN(CC(=O)Nc1ccc(Cl)cc1)C(=O)c1ccc([N+](=O)[O-])cc1Cl. The molecule has 130 valence electrons. The number of nitrogens with zero attached hydrogens (tertiary/aromatic N) is 2. The maximum Gasteiger partial charge on any atom is 0.270 e. The van der Waals surface area contributed by atoms with Crippen molar-refractivity contribution >= 4 is 46.4 Å². The molecule has 2 aromatic rings. The second-order valence-electron chi connectivity index (χ2n) is 5.14. The van der Waals surface area contributed by atoms with Crippen molar-refractivity contribution in [2.75, 3.05) is 18.9 Å². The smallest absolute Gasteiger partial charge is 0.270 e. The van der Waals surface area contributed by atoms with Gasteiger partial charge in [-0.25, -0.2) is 0 Å². The van der Waals surface area contributed by atoms with Gasteiger partial charge in [0.1, 0.15) is 0 Å². The maximum absolute atomic E-state index is 12.4. The molecule has 0 spiro atoms. The Hall–Kier alpha value is -2.64. The van der Waals surface area contributed by atoms with Gasteiger partial charge in [0.2, 0.25) is 5.91 Å². The number of nitro benzene ring substituents is 1. The fourth-order valence-corrected chi connectivity index (χ4v) is 2.40. The number of carbonyl (C=O) groups is 2. The minimum Gasteiger partial charge on any atom is -0.332 e. The van der Waals surface area contributed by atoms with Crippen LogP contribution in [0, 0.1) is 10.1 Å². The van der Waals surface area contributed by atoms with Gasteiger partial charge in [0, 0.05) is 29.9 Å². The van der Waals surface area contributed by atoms with Gasteiger partial charge in [-0.3, -0.25) is 19.7 Å². The highest BCUT2D eigenvalue weighted by atomic mass is 35.5. The maximum atomic E-state index is 12.4. The molecule has 0 unspecified atom stereocenters. The van der Waals surface area contributed by atoms with Crippen molar-refractivity contribution in [3.63, 3.8) is 0 Å². The van der Waals surface area contributed by atoms with Crippen LogP contribution >= 0.6 is 23.2 Å². The summed E-state index contributed by atoms with van der Waals surface area (Å²) in [5.74, 6) is -0.928. The molecule has 1 N–H and O–H groups in total. The van der Waals surface area contributed by atoms with Crippen molar-refractivity contribution in [2.45, 2.75) is 0 Å². The van der Waals surface area contributed by atoms with Crippen molar-refractivity contribution in [3.05, 3.63) is 68.2 Å². The summed E-state index contributed by atoms with van der Waals surface area (Å²) in [6, 6.07) is 10.1. The molecule has 2 rings (SSSR count). The number of likely N-dealkylation sites (N-methyl/N-ethyl adjacent to an activating group) is 1. The predicted octanol–water partition coefficient (Wildman–Crippen LogP) is 3.61. The molecule has 0 fully saturated rings. The summed E-state index contributed by atoms with van der Waals surface area (Å²) in [4.78, 5) is 35.6. The fraction of sp³-hybridized carbons (Fsp3) is 0.125. The molecule has 0 aliphatic heterocycles. The minimum atomic E-state index is -0.608. The zero-order valence-corrected chi connectivity index (χ0v) is 14.5. The van der Waals surface area contributed by atoms with Crippen LogP contribution in [-0.2, 0) is 4.79 Å². The Kier molecular flexibility index (Phi) is 5.95. The van der Waals surface area contributed by atoms with Gasteiger partial charge in [0.15, 0.2) is 0 Å². The lowest BCUT2D eigenvalue weighted by Gasteiger charge is -2.17. The van der Waals surface area contributed by atoms with Crippen molar-refractivity contribution in [1.82, 2.24) is 4.90 Å². The average molecular weight is 382 g/mol. The first-order chi connectivity index (χ1) is 11.8.